The van der Waals surface area contributed by atoms with Crippen molar-refractivity contribution in [2.24, 2.45) is 5.92 Å². The molecule has 0 aliphatic carbocycles. The molecular formula is C18H19F3N4O2. The zero-order chi connectivity index (χ0) is 19.6. The number of alkyl halides is 3. The van der Waals surface area contributed by atoms with Crippen LogP contribution in [0.5, 0.6) is 0 Å². The molecule has 144 valence electrons. The fraction of sp³-hybridized carbons (Fsp3) is 0.389. The highest BCUT2D eigenvalue weighted by Crippen LogP contribution is 2.35. The molecule has 1 unspecified atom stereocenters. The number of nitrogens with one attached hydrogen (secondary N) is 1. The van der Waals surface area contributed by atoms with Gasteiger partial charge in [-0.15, -0.1) is 0 Å². The molecule has 2 heterocycles. The highest BCUT2D eigenvalue weighted by Gasteiger charge is 2.42. The topological polar surface area (TPSA) is 67.3 Å². The van der Waals surface area contributed by atoms with E-state index in [4.69, 9.17) is 4.74 Å². The van der Waals surface area contributed by atoms with Gasteiger partial charge in [-0.1, -0.05) is 44.2 Å². The molecule has 2 aromatic rings. The first-order valence-electron chi connectivity index (χ1n) is 8.44. The number of ether oxygens (including phenoxy) is 1. The van der Waals surface area contributed by atoms with E-state index in [0.717, 1.165) is 0 Å². The smallest absolute Gasteiger partial charge is 0.415 e. The number of amides is 1. The first kappa shape index (κ1) is 18.9. The molecule has 1 aromatic carbocycles. The quantitative estimate of drug-likeness (QED) is 0.843. The summed E-state index contributed by atoms with van der Waals surface area (Å²) >= 11 is 0. The van der Waals surface area contributed by atoms with Gasteiger partial charge in [0.25, 0.3) is 0 Å². The third-order valence-electron chi connectivity index (χ3n) is 4.30. The lowest BCUT2D eigenvalue weighted by Crippen LogP contribution is -2.38. The fourth-order valence-electron chi connectivity index (χ4n) is 2.87. The summed E-state index contributed by atoms with van der Waals surface area (Å²) in [4.78, 5) is 21.4. The van der Waals surface area contributed by atoms with E-state index in [1.807, 2.05) is 13.8 Å². The summed E-state index contributed by atoms with van der Waals surface area (Å²) in [6.45, 7) is 4.06. The molecule has 9 heteroatoms. The Kier molecular flexibility index (Phi) is 5.20. The van der Waals surface area contributed by atoms with Crippen LogP contribution in [0.2, 0.25) is 0 Å². The fourth-order valence-corrected chi connectivity index (χ4v) is 2.87. The van der Waals surface area contributed by atoms with E-state index in [1.165, 1.54) is 41.4 Å². The summed E-state index contributed by atoms with van der Waals surface area (Å²) in [5.74, 6) is 0.0682. The maximum absolute atomic E-state index is 13.5. The Hall–Kier alpha value is -2.84. The Morgan fingerprint density at radius 2 is 1.93 bits per heavy atom. The predicted octanol–water partition coefficient (Wildman–Crippen LogP) is 4.17. The SMILES string of the molecule is CC(C)[C@H]1COC(=O)N1c1ccnc(NC(c2ccccc2)C(F)(F)F)n1. The Morgan fingerprint density at radius 1 is 1.22 bits per heavy atom. The summed E-state index contributed by atoms with van der Waals surface area (Å²) in [5, 5.41) is 2.33. The number of halogens is 3. The largest absolute Gasteiger partial charge is 0.447 e. The van der Waals surface area contributed by atoms with Crippen molar-refractivity contribution in [3.05, 3.63) is 48.2 Å². The maximum Gasteiger partial charge on any atom is 0.415 e. The number of rotatable bonds is 5. The van der Waals surface area contributed by atoms with Crippen molar-refractivity contribution in [1.29, 1.82) is 0 Å². The van der Waals surface area contributed by atoms with Gasteiger partial charge in [0.15, 0.2) is 6.04 Å². The molecule has 0 radical (unpaired) electrons. The van der Waals surface area contributed by atoms with Gasteiger partial charge in [0.2, 0.25) is 5.95 Å². The molecule has 2 atom stereocenters. The number of aromatic nitrogens is 2. The first-order valence-corrected chi connectivity index (χ1v) is 8.44. The van der Waals surface area contributed by atoms with Crippen molar-refractivity contribution in [3.8, 4) is 0 Å². The third-order valence-corrected chi connectivity index (χ3v) is 4.30. The Balaban J connectivity index is 1.90. The predicted molar refractivity (Wildman–Crippen MR) is 93.3 cm³/mol. The van der Waals surface area contributed by atoms with Gasteiger partial charge in [-0.25, -0.2) is 9.78 Å². The number of nitrogens with zero attached hydrogens (tertiary/aromatic N) is 3. The molecule has 0 bridgehead atoms. The van der Waals surface area contributed by atoms with Crippen LogP contribution in [0.1, 0.15) is 25.5 Å². The first-order chi connectivity index (χ1) is 12.8. The standard InChI is InChI=1S/C18H19F3N4O2/c1-11(2)13-10-27-17(26)25(13)14-8-9-22-16(23-14)24-15(18(19,20)21)12-6-4-3-5-7-12/h3-9,11,13,15H,10H2,1-2H3,(H,22,23,24)/t13-,15?/m1/s1. The zero-order valence-corrected chi connectivity index (χ0v) is 14.8. The zero-order valence-electron chi connectivity index (χ0n) is 14.8. The molecule has 27 heavy (non-hydrogen) atoms. The van der Waals surface area contributed by atoms with Gasteiger partial charge < -0.3 is 10.1 Å². The molecule has 3 rings (SSSR count). The maximum atomic E-state index is 13.5. The van der Waals surface area contributed by atoms with E-state index in [2.05, 4.69) is 15.3 Å². The van der Waals surface area contributed by atoms with Crippen LogP contribution >= 0.6 is 0 Å². The number of anilines is 2. The number of cyclic esters (lactones) is 1. The average molecular weight is 380 g/mol. The van der Waals surface area contributed by atoms with Gasteiger partial charge in [0.1, 0.15) is 12.4 Å². The van der Waals surface area contributed by atoms with Crippen LogP contribution in [-0.4, -0.2) is 34.9 Å². The summed E-state index contributed by atoms with van der Waals surface area (Å²) in [6.07, 6.45) is -3.81. The third kappa shape index (κ3) is 4.12. The lowest BCUT2D eigenvalue weighted by atomic mass is 10.0. The van der Waals surface area contributed by atoms with Gasteiger partial charge in [-0.05, 0) is 17.5 Å². The van der Waals surface area contributed by atoms with Gasteiger partial charge in [0, 0.05) is 6.20 Å². The lowest BCUT2D eigenvalue weighted by molar-refractivity contribution is -0.144. The molecule has 1 aliphatic heterocycles. The van der Waals surface area contributed by atoms with Gasteiger partial charge in [-0.3, -0.25) is 4.90 Å². The average Bonchev–Trinajstić information content (AvgIpc) is 3.01. The summed E-state index contributed by atoms with van der Waals surface area (Å²) in [6, 6.07) is 6.70. The minimum absolute atomic E-state index is 0.0413. The summed E-state index contributed by atoms with van der Waals surface area (Å²) in [7, 11) is 0. The van der Waals surface area contributed by atoms with Crippen molar-refractivity contribution in [3.63, 3.8) is 0 Å². The highest BCUT2D eigenvalue weighted by molar-refractivity contribution is 5.89. The van der Waals surface area contributed by atoms with E-state index >= 15 is 0 Å². The minimum Gasteiger partial charge on any atom is -0.447 e. The van der Waals surface area contributed by atoms with Crippen molar-refractivity contribution in [2.45, 2.75) is 32.1 Å². The second-order valence-electron chi connectivity index (χ2n) is 6.53. The van der Waals surface area contributed by atoms with Gasteiger partial charge >= 0.3 is 12.3 Å². The molecule has 0 saturated carbocycles. The van der Waals surface area contributed by atoms with Gasteiger partial charge in [-0.2, -0.15) is 18.2 Å². The van der Waals surface area contributed by atoms with Crippen LogP contribution < -0.4 is 10.2 Å². The molecular weight excluding hydrogens is 361 g/mol. The van der Waals surface area contributed by atoms with E-state index in [9.17, 15) is 18.0 Å². The summed E-state index contributed by atoms with van der Waals surface area (Å²) in [5.41, 5.74) is 0.0413. The van der Waals surface area contributed by atoms with Crippen molar-refractivity contribution in [2.75, 3.05) is 16.8 Å². The molecule has 0 spiro atoms. The van der Waals surface area contributed by atoms with Crippen molar-refractivity contribution >= 4 is 17.9 Å². The van der Waals surface area contributed by atoms with Crippen LogP contribution in [0.3, 0.4) is 0 Å². The second kappa shape index (κ2) is 7.42. The second-order valence-corrected chi connectivity index (χ2v) is 6.53. The van der Waals surface area contributed by atoms with E-state index in [-0.39, 0.29) is 35.9 Å². The number of hydrogen-bond donors (Lipinski definition) is 1. The number of benzene rings is 1. The van der Waals surface area contributed by atoms with Crippen LogP contribution in [-0.2, 0) is 4.74 Å². The number of hydrogen-bond acceptors (Lipinski definition) is 5. The van der Waals surface area contributed by atoms with Crippen LogP contribution in [0.25, 0.3) is 0 Å². The Labute approximate surface area is 154 Å². The molecule has 1 aliphatic rings. The number of carbonyl (C=O) groups excluding carboxylic acids is 1. The van der Waals surface area contributed by atoms with Crippen molar-refractivity contribution in [1.82, 2.24) is 9.97 Å². The van der Waals surface area contributed by atoms with E-state index in [0.29, 0.717) is 0 Å². The lowest BCUT2D eigenvalue weighted by Gasteiger charge is -2.25. The number of carbonyl (C=O) groups is 1. The van der Waals surface area contributed by atoms with E-state index in [1.54, 1.807) is 6.07 Å². The molecule has 1 aromatic heterocycles. The van der Waals surface area contributed by atoms with E-state index < -0.39 is 18.3 Å². The molecule has 1 fully saturated rings. The Bertz CT molecular complexity index is 799. The minimum atomic E-state index is -4.55. The normalized spacial score (nSPS) is 18.5. The molecule has 1 amide bonds. The molecule has 1 saturated heterocycles. The molecule has 1 N–H and O–H groups in total. The molecule has 6 nitrogen and oxygen atoms in total. The van der Waals surface area contributed by atoms with Crippen LogP contribution in [0, 0.1) is 5.92 Å². The Morgan fingerprint density at radius 3 is 2.56 bits per heavy atom. The summed E-state index contributed by atoms with van der Waals surface area (Å²) < 4.78 is 45.6. The van der Waals surface area contributed by atoms with Crippen LogP contribution in [0.15, 0.2) is 42.6 Å². The van der Waals surface area contributed by atoms with Gasteiger partial charge in [0.05, 0.1) is 6.04 Å². The highest BCUT2D eigenvalue weighted by atomic mass is 19.4. The monoisotopic (exact) mass is 380 g/mol. The van der Waals surface area contributed by atoms with Crippen LogP contribution in [0.4, 0.5) is 29.7 Å². The van der Waals surface area contributed by atoms with Crippen molar-refractivity contribution < 1.29 is 22.7 Å².